The maximum absolute atomic E-state index is 6.02. The van der Waals surface area contributed by atoms with E-state index in [9.17, 15) is 0 Å². The van der Waals surface area contributed by atoms with Crippen LogP contribution in [0.1, 0.15) is 50.2 Å². The normalized spacial score (nSPS) is 11.1. The van der Waals surface area contributed by atoms with Crippen LogP contribution in [0.15, 0.2) is 35.8 Å². The van der Waals surface area contributed by atoms with Crippen LogP contribution in [0, 0.1) is 6.92 Å². The van der Waals surface area contributed by atoms with Gasteiger partial charge in [-0.1, -0.05) is 31.9 Å². The van der Waals surface area contributed by atoms with Crippen LogP contribution in [0.25, 0.3) is 0 Å². The average Bonchev–Trinajstić information content (AvgIpc) is 3.22. The first-order valence-electron chi connectivity index (χ1n) is 10.2. The van der Waals surface area contributed by atoms with Gasteiger partial charge in [0.1, 0.15) is 18.4 Å². The van der Waals surface area contributed by atoms with Gasteiger partial charge in [-0.05, 0) is 37.8 Å². The predicted molar refractivity (Wildman–Crippen MR) is 129 cm³/mol. The lowest BCUT2D eigenvalue weighted by atomic mass is 10.1. The predicted octanol–water partition coefficient (Wildman–Crippen LogP) is 3.92. The van der Waals surface area contributed by atoms with Gasteiger partial charge in [-0.15, -0.1) is 34.2 Å². The molecular formula is C21H35IN6O. The van der Waals surface area contributed by atoms with Crippen molar-refractivity contribution in [3.8, 4) is 5.75 Å². The smallest absolute Gasteiger partial charge is 0.191 e. The Morgan fingerprint density at radius 2 is 1.90 bits per heavy atom. The Balaban J connectivity index is 0.00000420. The van der Waals surface area contributed by atoms with E-state index in [1.54, 1.807) is 19.7 Å². The summed E-state index contributed by atoms with van der Waals surface area (Å²) < 4.78 is 8.01. The summed E-state index contributed by atoms with van der Waals surface area (Å²) in [5.41, 5.74) is 2.36. The van der Waals surface area contributed by atoms with Crippen LogP contribution in [0.4, 0.5) is 0 Å². The molecule has 29 heavy (non-hydrogen) atoms. The molecule has 0 amide bonds. The van der Waals surface area contributed by atoms with Crippen LogP contribution in [0.3, 0.4) is 0 Å². The van der Waals surface area contributed by atoms with Crippen molar-refractivity contribution in [2.75, 3.05) is 20.2 Å². The van der Waals surface area contributed by atoms with Gasteiger partial charge in [0.15, 0.2) is 5.96 Å². The molecule has 8 heteroatoms. The summed E-state index contributed by atoms with van der Waals surface area (Å²) >= 11 is 0. The van der Waals surface area contributed by atoms with Crippen molar-refractivity contribution in [3.05, 3.63) is 42.0 Å². The number of guanidine groups is 1. The van der Waals surface area contributed by atoms with Crippen molar-refractivity contribution in [1.82, 2.24) is 25.4 Å². The number of ether oxygens (including phenoxy) is 1. The van der Waals surface area contributed by atoms with Crippen molar-refractivity contribution in [1.29, 1.82) is 0 Å². The third kappa shape index (κ3) is 9.96. The lowest BCUT2D eigenvalue weighted by molar-refractivity contribution is 0.303. The highest BCUT2D eigenvalue weighted by Crippen LogP contribution is 2.20. The Bertz CT molecular complexity index is 705. The molecule has 0 saturated carbocycles. The average molecular weight is 514 g/mol. The van der Waals surface area contributed by atoms with Crippen molar-refractivity contribution >= 4 is 29.9 Å². The minimum atomic E-state index is 0. The van der Waals surface area contributed by atoms with Gasteiger partial charge in [0, 0.05) is 32.2 Å². The van der Waals surface area contributed by atoms with Crippen LogP contribution in [-0.4, -0.2) is 40.9 Å². The highest BCUT2D eigenvalue weighted by Gasteiger charge is 2.06. The van der Waals surface area contributed by atoms with Crippen LogP contribution in [0.2, 0.25) is 0 Å². The second kappa shape index (κ2) is 15.1. The molecule has 7 nitrogen and oxygen atoms in total. The van der Waals surface area contributed by atoms with Gasteiger partial charge in [0.05, 0.1) is 6.61 Å². The molecule has 0 fully saturated rings. The van der Waals surface area contributed by atoms with E-state index in [-0.39, 0.29) is 24.0 Å². The van der Waals surface area contributed by atoms with Crippen LogP contribution >= 0.6 is 24.0 Å². The van der Waals surface area contributed by atoms with E-state index in [1.807, 2.05) is 4.57 Å². The zero-order valence-electron chi connectivity index (χ0n) is 17.9. The second-order valence-electron chi connectivity index (χ2n) is 6.93. The summed E-state index contributed by atoms with van der Waals surface area (Å²) in [6, 6.07) is 6.37. The van der Waals surface area contributed by atoms with E-state index >= 15 is 0 Å². The van der Waals surface area contributed by atoms with E-state index in [0.717, 1.165) is 56.2 Å². The Kier molecular flexibility index (Phi) is 13.1. The van der Waals surface area contributed by atoms with Gasteiger partial charge < -0.3 is 19.9 Å². The third-order valence-corrected chi connectivity index (χ3v) is 4.50. The first kappa shape index (κ1) is 25.2. The standard InChI is InChI=1S/C21H34N6O.HI/c1-4-5-8-13-28-20-14-18(2)9-10-19(20)15-24-21(22-3)23-11-6-7-12-27-16-25-26-17-27;/h9-10,14,16-17H,4-8,11-13,15H2,1-3H3,(H2,22,23,24);1H. The summed E-state index contributed by atoms with van der Waals surface area (Å²) in [5, 5.41) is 14.4. The number of hydrogen-bond acceptors (Lipinski definition) is 4. The van der Waals surface area contributed by atoms with E-state index < -0.39 is 0 Å². The molecular weight excluding hydrogens is 479 g/mol. The molecule has 0 bridgehead atoms. The first-order valence-corrected chi connectivity index (χ1v) is 10.2. The monoisotopic (exact) mass is 514 g/mol. The number of nitrogens with zero attached hydrogens (tertiary/aromatic N) is 4. The zero-order valence-corrected chi connectivity index (χ0v) is 20.2. The molecule has 0 spiro atoms. The number of hydrogen-bond donors (Lipinski definition) is 2. The summed E-state index contributed by atoms with van der Waals surface area (Å²) in [4.78, 5) is 4.31. The van der Waals surface area contributed by atoms with Crippen LogP contribution in [-0.2, 0) is 13.1 Å². The molecule has 0 aliphatic heterocycles. The molecule has 2 N–H and O–H groups in total. The van der Waals surface area contributed by atoms with Crippen molar-refractivity contribution in [2.45, 2.75) is 59.0 Å². The lowest BCUT2D eigenvalue weighted by Gasteiger charge is -2.15. The Morgan fingerprint density at radius 3 is 2.62 bits per heavy atom. The number of benzene rings is 1. The molecule has 0 aliphatic carbocycles. The maximum Gasteiger partial charge on any atom is 0.191 e. The number of nitrogens with one attached hydrogen (secondary N) is 2. The SMILES string of the molecule is CCCCCOc1cc(C)ccc1CNC(=NC)NCCCCn1cnnc1.I. The van der Waals surface area contributed by atoms with Crippen molar-refractivity contribution < 1.29 is 4.74 Å². The molecule has 1 heterocycles. The number of aliphatic imine (C=N–C) groups is 1. The van der Waals surface area contributed by atoms with E-state index in [2.05, 4.69) is 57.9 Å². The number of rotatable bonds is 12. The molecule has 0 unspecified atom stereocenters. The highest BCUT2D eigenvalue weighted by atomic mass is 127. The Labute approximate surface area is 191 Å². The summed E-state index contributed by atoms with van der Waals surface area (Å²) in [7, 11) is 1.80. The second-order valence-corrected chi connectivity index (χ2v) is 6.93. The van der Waals surface area contributed by atoms with Gasteiger partial charge in [-0.25, -0.2) is 0 Å². The number of aromatic nitrogens is 3. The van der Waals surface area contributed by atoms with Crippen LogP contribution < -0.4 is 15.4 Å². The van der Waals surface area contributed by atoms with E-state index in [1.165, 1.54) is 18.4 Å². The van der Waals surface area contributed by atoms with Crippen molar-refractivity contribution in [3.63, 3.8) is 0 Å². The largest absolute Gasteiger partial charge is 0.493 e. The van der Waals surface area contributed by atoms with Gasteiger partial charge >= 0.3 is 0 Å². The molecule has 0 radical (unpaired) electrons. The molecule has 0 aliphatic rings. The summed E-state index contributed by atoms with van der Waals surface area (Å²) in [5.74, 6) is 1.77. The van der Waals surface area contributed by atoms with E-state index in [0.29, 0.717) is 6.54 Å². The molecule has 0 atom stereocenters. The first-order chi connectivity index (χ1) is 13.7. The molecule has 0 saturated heterocycles. The quantitative estimate of drug-likeness (QED) is 0.194. The van der Waals surface area contributed by atoms with Crippen molar-refractivity contribution in [2.24, 2.45) is 4.99 Å². The molecule has 2 aromatic rings. The zero-order chi connectivity index (χ0) is 20.0. The number of aryl methyl sites for hydroxylation is 2. The van der Waals surface area contributed by atoms with Gasteiger partial charge in [-0.2, -0.15) is 0 Å². The molecule has 2 rings (SSSR count). The molecule has 1 aromatic carbocycles. The highest BCUT2D eigenvalue weighted by molar-refractivity contribution is 14.0. The molecule has 162 valence electrons. The fraction of sp³-hybridized carbons (Fsp3) is 0.571. The minimum Gasteiger partial charge on any atom is -0.493 e. The Hall–Kier alpha value is -1.84. The third-order valence-electron chi connectivity index (χ3n) is 4.50. The van der Waals surface area contributed by atoms with Gasteiger partial charge in [-0.3, -0.25) is 4.99 Å². The fourth-order valence-corrected chi connectivity index (χ4v) is 2.84. The Morgan fingerprint density at radius 1 is 1.10 bits per heavy atom. The number of halogens is 1. The van der Waals surface area contributed by atoms with Gasteiger partial charge in [0.25, 0.3) is 0 Å². The van der Waals surface area contributed by atoms with Crippen LogP contribution in [0.5, 0.6) is 5.75 Å². The fourth-order valence-electron chi connectivity index (χ4n) is 2.84. The molecule has 1 aromatic heterocycles. The summed E-state index contributed by atoms with van der Waals surface area (Å²) in [6.07, 6.45) is 9.11. The summed E-state index contributed by atoms with van der Waals surface area (Å²) in [6.45, 7) is 7.55. The minimum absolute atomic E-state index is 0. The van der Waals surface area contributed by atoms with Gasteiger partial charge in [0.2, 0.25) is 0 Å². The number of unbranched alkanes of at least 4 members (excludes halogenated alkanes) is 3. The lowest BCUT2D eigenvalue weighted by Crippen LogP contribution is -2.37. The maximum atomic E-state index is 6.02. The topological polar surface area (TPSA) is 76.4 Å². The van der Waals surface area contributed by atoms with E-state index in [4.69, 9.17) is 4.74 Å².